The second-order valence-electron chi connectivity index (χ2n) is 3.48. The Hall–Kier alpha value is -1.78. The fourth-order valence-electron chi connectivity index (χ4n) is 1.25. The summed E-state index contributed by atoms with van der Waals surface area (Å²) >= 11 is 0. The molecule has 0 aliphatic carbocycles. The Balaban J connectivity index is 2.31. The summed E-state index contributed by atoms with van der Waals surface area (Å²) in [5.41, 5.74) is 0. The van der Waals surface area contributed by atoms with Crippen molar-refractivity contribution in [1.82, 2.24) is 0 Å². The van der Waals surface area contributed by atoms with Crippen LogP contribution < -0.4 is 0 Å². The summed E-state index contributed by atoms with van der Waals surface area (Å²) in [6.07, 6.45) is 22.1. The third-order valence-electron chi connectivity index (χ3n) is 2.12. The summed E-state index contributed by atoms with van der Waals surface area (Å²) in [5.74, 6) is 0. The topological polar surface area (TPSA) is 49.5 Å². The number of terminal acetylenes is 3. The molecule has 6 heteroatoms. The molecule has 1 heterocycles. The third kappa shape index (κ3) is 5.03. The van der Waals surface area contributed by atoms with Gasteiger partial charge < -0.3 is 22.8 Å². The lowest BCUT2D eigenvalue weighted by Gasteiger charge is -2.20. The van der Waals surface area contributed by atoms with Gasteiger partial charge in [0.1, 0.15) is 6.10 Å². The molecular weight excluding hydrogens is 252 g/mol. The van der Waals surface area contributed by atoms with E-state index in [2.05, 4.69) is 0 Å². The molecule has 1 rings (SSSR count). The van der Waals surface area contributed by atoms with E-state index in [-0.39, 0.29) is 6.10 Å². The van der Waals surface area contributed by atoms with Crippen LogP contribution in [0.5, 0.6) is 0 Å². The van der Waals surface area contributed by atoms with Crippen molar-refractivity contribution >= 4 is 8.80 Å². The molecule has 0 aromatic carbocycles. The third-order valence-corrected chi connectivity index (χ3v) is 4.37. The van der Waals surface area contributed by atoms with Crippen molar-refractivity contribution in [1.29, 1.82) is 0 Å². The molecule has 1 atom stereocenters. The summed E-state index contributed by atoms with van der Waals surface area (Å²) in [4.78, 5) is 0. The minimum atomic E-state index is -3.18. The second kappa shape index (κ2) is 7.52. The van der Waals surface area contributed by atoms with Gasteiger partial charge in [0, 0.05) is 6.61 Å². The summed E-state index contributed by atoms with van der Waals surface area (Å²) in [6, 6.07) is 0.386. The lowest BCUT2D eigenvalue weighted by molar-refractivity contribution is 0.113. The van der Waals surface area contributed by atoms with E-state index in [0.29, 0.717) is 25.7 Å². The number of epoxide rings is 1. The van der Waals surface area contributed by atoms with Gasteiger partial charge in [-0.05, 0) is 6.42 Å². The minimum Gasteiger partial charge on any atom is -0.432 e. The average Bonchev–Trinajstić information content (AvgIpc) is 3.14. The fourth-order valence-corrected chi connectivity index (χ4v) is 2.80. The van der Waals surface area contributed by atoms with E-state index in [4.69, 9.17) is 42.0 Å². The van der Waals surface area contributed by atoms with Gasteiger partial charge in [-0.15, -0.1) is 0 Å². The van der Waals surface area contributed by atoms with Crippen LogP contribution in [0.3, 0.4) is 0 Å². The van der Waals surface area contributed by atoms with Gasteiger partial charge in [-0.25, -0.2) is 0 Å². The molecule has 18 heavy (non-hydrogen) atoms. The van der Waals surface area contributed by atoms with E-state index in [9.17, 15) is 0 Å². The highest BCUT2D eigenvalue weighted by atomic mass is 28.4. The first-order chi connectivity index (χ1) is 8.76. The minimum absolute atomic E-state index is 0.234. The van der Waals surface area contributed by atoms with Gasteiger partial charge in [-0.1, -0.05) is 19.3 Å². The molecule has 1 saturated heterocycles. The van der Waals surface area contributed by atoms with Gasteiger partial charge >= 0.3 is 8.80 Å². The summed E-state index contributed by atoms with van der Waals surface area (Å²) in [6.45, 7) is 1.85. The fraction of sp³-hybridized carbons (Fsp3) is 0.500. The number of ether oxygens (including phenoxy) is 2. The standard InChI is InChI=1S/C12H14O5Si/c1-4-15-18(16-5-2,17-6-3)9-7-8-13-10-12-11-14-12/h1-3,12H,7-11H2. The number of hydrogen-bond donors (Lipinski definition) is 0. The molecule has 5 nitrogen and oxygen atoms in total. The van der Waals surface area contributed by atoms with Crippen molar-refractivity contribution in [2.75, 3.05) is 19.8 Å². The van der Waals surface area contributed by atoms with E-state index in [0.717, 1.165) is 6.61 Å². The molecular formula is C12H14O5Si. The van der Waals surface area contributed by atoms with Gasteiger partial charge in [0.25, 0.3) is 0 Å². The van der Waals surface area contributed by atoms with Gasteiger partial charge in [-0.2, -0.15) is 0 Å². The van der Waals surface area contributed by atoms with Gasteiger partial charge in [0.15, 0.2) is 0 Å². The Kier molecular flexibility index (Phi) is 5.97. The Labute approximate surface area is 108 Å². The van der Waals surface area contributed by atoms with E-state index < -0.39 is 8.80 Å². The largest absolute Gasteiger partial charge is 0.725 e. The Bertz CT molecular complexity index is 331. The number of rotatable bonds is 9. The first-order valence-corrected chi connectivity index (χ1v) is 7.29. The Morgan fingerprint density at radius 3 is 2.11 bits per heavy atom. The highest BCUT2D eigenvalue weighted by molar-refractivity contribution is 6.61. The summed E-state index contributed by atoms with van der Waals surface area (Å²) in [5, 5.41) is 0. The monoisotopic (exact) mass is 266 g/mol. The molecule has 0 amide bonds. The maximum Gasteiger partial charge on any atom is 0.725 e. The van der Waals surface area contributed by atoms with Gasteiger partial charge in [-0.3, -0.25) is 0 Å². The van der Waals surface area contributed by atoms with Crippen molar-refractivity contribution in [2.24, 2.45) is 0 Å². The first-order valence-electron chi connectivity index (χ1n) is 5.36. The lowest BCUT2D eigenvalue weighted by Crippen LogP contribution is -2.42. The van der Waals surface area contributed by atoms with Crippen LogP contribution >= 0.6 is 0 Å². The lowest BCUT2D eigenvalue weighted by atomic mass is 10.5. The molecule has 1 aliphatic rings. The molecule has 0 spiro atoms. The van der Waals surface area contributed by atoms with Gasteiger partial charge in [0.05, 0.1) is 37.6 Å². The zero-order chi connectivity index (χ0) is 13.3. The van der Waals surface area contributed by atoms with Crippen LogP contribution in [0.4, 0.5) is 0 Å². The quantitative estimate of drug-likeness (QED) is 0.264. The van der Waals surface area contributed by atoms with Crippen molar-refractivity contribution in [3.05, 3.63) is 0 Å². The molecule has 0 radical (unpaired) electrons. The molecule has 0 saturated carbocycles. The van der Waals surface area contributed by atoms with E-state index in [1.807, 2.05) is 18.3 Å². The molecule has 1 fully saturated rings. The van der Waals surface area contributed by atoms with Crippen molar-refractivity contribution in [3.63, 3.8) is 0 Å². The highest BCUT2D eigenvalue weighted by Crippen LogP contribution is 2.17. The average molecular weight is 266 g/mol. The first kappa shape index (κ1) is 14.3. The van der Waals surface area contributed by atoms with Crippen LogP contribution in [0.25, 0.3) is 0 Å². The predicted octanol–water partition coefficient (Wildman–Crippen LogP) is 0.553. The zero-order valence-electron chi connectivity index (χ0n) is 9.89. The van der Waals surface area contributed by atoms with E-state index >= 15 is 0 Å². The van der Waals surface area contributed by atoms with Crippen LogP contribution in [0.15, 0.2) is 0 Å². The van der Waals surface area contributed by atoms with Gasteiger partial charge in [0.2, 0.25) is 0 Å². The zero-order valence-corrected chi connectivity index (χ0v) is 10.9. The van der Waals surface area contributed by atoms with Crippen LogP contribution in [-0.4, -0.2) is 34.7 Å². The van der Waals surface area contributed by atoms with E-state index in [1.165, 1.54) is 0 Å². The van der Waals surface area contributed by atoms with Crippen LogP contribution in [0.1, 0.15) is 6.42 Å². The normalized spacial score (nSPS) is 16.8. The SMILES string of the molecule is C#CO[Si](CCCOCC1CO1)(OC#C)OC#C. The summed E-state index contributed by atoms with van der Waals surface area (Å²) in [7, 11) is -3.18. The molecule has 0 aromatic heterocycles. The predicted molar refractivity (Wildman–Crippen MR) is 65.5 cm³/mol. The number of hydrogen-bond acceptors (Lipinski definition) is 5. The second-order valence-corrected chi connectivity index (χ2v) is 5.95. The molecule has 0 aromatic rings. The van der Waals surface area contributed by atoms with Crippen LogP contribution in [0.2, 0.25) is 6.04 Å². The molecule has 0 N–H and O–H groups in total. The molecule has 1 unspecified atom stereocenters. The Morgan fingerprint density at radius 2 is 1.67 bits per heavy atom. The van der Waals surface area contributed by atoms with Crippen LogP contribution in [-0.2, 0) is 22.8 Å². The highest BCUT2D eigenvalue weighted by Gasteiger charge is 2.48. The molecule has 1 aliphatic heterocycles. The van der Waals surface area contributed by atoms with Crippen molar-refractivity contribution in [2.45, 2.75) is 18.6 Å². The Morgan fingerprint density at radius 1 is 1.11 bits per heavy atom. The molecule has 0 bridgehead atoms. The smallest absolute Gasteiger partial charge is 0.432 e. The maximum absolute atomic E-state index is 5.36. The van der Waals surface area contributed by atoms with Crippen molar-refractivity contribution < 1.29 is 22.8 Å². The van der Waals surface area contributed by atoms with E-state index in [1.54, 1.807) is 0 Å². The summed E-state index contributed by atoms with van der Waals surface area (Å²) < 4.78 is 25.4. The van der Waals surface area contributed by atoms with Crippen molar-refractivity contribution in [3.8, 4) is 37.6 Å². The maximum atomic E-state index is 5.36. The van der Waals surface area contributed by atoms with Crippen LogP contribution in [0, 0.1) is 37.6 Å². The molecule has 96 valence electrons.